The number of aryl methyl sites for hydroxylation is 1. The van der Waals surface area contributed by atoms with Crippen LogP contribution >= 0.6 is 34.3 Å². The van der Waals surface area contributed by atoms with Crippen molar-refractivity contribution in [3.8, 4) is 43.9 Å². The van der Waals surface area contributed by atoms with Gasteiger partial charge in [-0.3, -0.25) is 24.2 Å². The van der Waals surface area contributed by atoms with Crippen LogP contribution in [0.3, 0.4) is 0 Å². The van der Waals surface area contributed by atoms with Crippen molar-refractivity contribution in [2.24, 2.45) is 5.41 Å². The molecule has 4 aromatic carbocycles. The number of thiophene rings is 1. The second-order valence-corrected chi connectivity index (χ2v) is 20.7. The van der Waals surface area contributed by atoms with Crippen LogP contribution in [0.15, 0.2) is 96.5 Å². The molecule has 0 spiro atoms. The third-order valence-corrected chi connectivity index (χ3v) is 14.8. The van der Waals surface area contributed by atoms with E-state index >= 15 is 0 Å². The average molecular weight is 980 g/mol. The Bertz CT molecular complexity index is 2660. The van der Waals surface area contributed by atoms with E-state index < -0.39 is 17.5 Å². The number of fused-ring (bicyclic) bond motifs is 1. The van der Waals surface area contributed by atoms with Crippen molar-refractivity contribution in [1.29, 1.82) is 0 Å². The normalized spacial score (nSPS) is 16.2. The summed E-state index contributed by atoms with van der Waals surface area (Å²) in [5.41, 5.74) is 5.28. The first kappa shape index (κ1) is 48.9. The van der Waals surface area contributed by atoms with Gasteiger partial charge in [-0.05, 0) is 96.5 Å². The van der Waals surface area contributed by atoms with Gasteiger partial charge < -0.3 is 34.9 Å². The van der Waals surface area contributed by atoms with E-state index in [1.165, 1.54) is 0 Å². The monoisotopic (exact) mass is 978 g/mol. The molecule has 2 atom stereocenters. The Hall–Kier alpha value is -5.55. The molecular weight excluding hydrogens is 920 g/mol. The van der Waals surface area contributed by atoms with Gasteiger partial charge in [-0.1, -0.05) is 68.8 Å². The van der Waals surface area contributed by atoms with Crippen molar-refractivity contribution in [1.82, 2.24) is 30.3 Å². The minimum atomic E-state index is -0.815. The van der Waals surface area contributed by atoms with E-state index in [0.717, 1.165) is 86.4 Å². The van der Waals surface area contributed by atoms with Crippen LogP contribution in [0.2, 0.25) is 5.02 Å². The molecule has 13 nitrogen and oxygen atoms in total. The van der Waals surface area contributed by atoms with Crippen molar-refractivity contribution in [3.05, 3.63) is 113 Å². The third-order valence-electron chi connectivity index (χ3n) is 12.4. The van der Waals surface area contributed by atoms with Crippen molar-refractivity contribution < 1.29 is 33.7 Å². The van der Waals surface area contributed by atoms with Gasteiger partial charge in [0.25, 0.3) is 0 Å². The molecule has 0 aliphatic carbocycles. The zero-order valence-corrected chi connectivity index (χ0v) is 41.4. The van der Waals surface area contributed by atoms with E-state index in [9.17, 15) is 19.5 Å². The van der Waals surface area contributed by atoms with Gasteiger partial charge in [0, 0.05) is 67.5 Å². The van der Waals surface area contributed by atoms with E-state index in [4.69, 9.17) is 25.8 Å². The predicted molar refractivity (Wildman–Crippen MR) is 270 cm³/mol. The molecule has 2 aliphatic rings. The second kappa shape index (κ2) is 22.3. The summed E-state index contributed by atoms with van der Waals surface area (Å²) in [6.07, 6.45) is 1.28. The van der Waals surface area contributed by atoms with Crippen LogP contribution in [-0.2, 0) is 25.7 Å². The molecule has 3 N–H and O–H groups in total. The number of hydrogen-bond acceptors (Lipinski definition) is 12. The van der Waals surface area contributed by atoms with E-state index in [2.05, 4.69) is 25.4 Å². The minimum Gasteiger partial charge on any atom is -0.508 e. The number of nitrogens with zero attached hydrogens (tertiary/aromatic N) is 4. The highest BCUT2D eigenvalue weighted by atomic mass is 35.5. The van der Waals surface area contributed by atoms with E-state index in [1.54, 1.807) is 39.7 Å². The molecule has 2 aliphatic heterocycles. The number of amides is 3. The molecule has 2 fully saturated rings. The second-order valence-electron chi connectivity index (χ2n) is 18.3. The number of nitrogens with one attached hydrogen (secondary N) is 2. The Morgan fingerprint density at radius 3 is 2.19 bits per heavy atom. The maximum absolute atomic E-state index is 14.0. The van der Waals surface area contributed by atoms with Gasteiger partial charge in [-0.2, -0.15) is 0 Å². The molecule has 0 bridgehead atoms. The topological polar surface area (TPSA) is 146 Å². The number of benzene rings is 4. The Labute approximate surface area is 411 Å². The predicted octanol–water partition coefficient (Wildman–Crippen LogP) is 9.00. The van der Waals surface area contributed by atoms with Crippen LogP contribution in [0.25, 0.3) is 31.0 Å². The zero-order chi connectivity index (χ0) is 47.8. The van der Waals surface area contributed by atoms with Gasteiger partial charge in [-0.25, -0.2) is 4.98 Å². The van der Waals surface area contributed by atoms with Gasteiger partial charge in [0.1, 0.15) is 42.5 Å². The maximum atomic E-state index is 14.0. The Balaban J connectivity index is 0.726. The smallest absolute Gasteiger partial charge is 0.246 e. The van der Waals surface area contributed by atoms with E-state index in [-0.39, 0.29) is 30.1 Å². The molecule has 8 rings (SSSR count). The molecule has 2 saturated heterocycles. The Morgan fingerprint density at radius 1 is 0.853 bits per heavy atom. The van der Waals surface area contributed by atoms with Gasteiger partial charge in [-0.15, -0.1) is 22.7 Å². The number of rotatable bonds is 18. The highest BCUT2D eigenvalue weighted by Crippen LogP contribution is 2.47. The number of phenolic OH excluding ortho intramolecular Hbond substituents is 1. The number of halogens is 1. The Morgan fingerprint density at radius 2 is 1.51 bits per heavy atom. The van der Waals surface area contributed by atoms with Gasteiger partial charge in [0.15, 0.2) is 5.75 Å². The molecule has 1 unspecified atom stereocenters. The number of hydrogen-bond donors (Lipinski definition) is 3. The summed E-state index contributed by atoms with van der Waals surface area (Å²) in [5, 5.41) is 17.7. The van der Waals surface area contributed by atoms with Crippen LogP contribution in [0.1, 0.15) is 44.9 Å². The molecular formula is C52H59ClN6O7S2. The van der Waals surface area contributed by atoms with E-state index in [0.29, 0.717) is 56.5 Å². The Kier molecular flexibility index (Phi) is 16.0. The molecule has 16 heteroatoms. The van der Waals surface area contributed by atoms with Crippen LogP contribution in [0.5, 0.6) is 23.0 Å². The number of piperazine rings is 1. The number of thiazole rings is 1. The first-order chi connectivity index (χ1) is 32.8. The summed E-state index contributed by atoms with van der Waals surface area (Å²) >= 11 is 9.32. The lowest BCUT2D eigenvalue weighted by Crippen LogP contribution is -2.58. The van der Waals surface area contributed by atoms with Crippen molar-refractivity contribution in [2.45, 2.75) is 59.2 Å². The van der Waals surface area contributed by atoms with Gasteiger partial charge in [0.2, 0.25) is 17.7 Å². The van der Waals surface area contributed by atoms with Crippen LogP contribution < -0.4 is 20.1 Å². The zero-order valence-electron chi connectivity index (χ0n) is 39.0. The van der Waals surface area contributed by atoms with Crippen molar-refractivity contribution in [2.75, 3.05) is 65.6 Å². The lowest BCUT2D eigenvalue weighted by Gasteiger charge is -2.35. The molecule has 6 aromatic rings. The van der Waals surface area contributed by atoms with Crippen LogP contribution in [0.4, 0.5) is 0 Å². The first-order valence-electron chi connectivity index (χ1n) is 23.1. The summed E-state index contributed by atoms with van der Waals surface area (Å²) in [6.45, 7) is 14.4. The van der Waals surface area contributed by atoms with Crippen LogP contribution in [0, 0.1) is 12.3 Å². The summed E-state index contributed by atoms with van der Waals surface area (Å²) in [7, 11) is 0. The molecule has 0 radical (unpaired) electrons. The highest BCUT2D eigenvalue weighted by Gasteiger charge is 2.42. The number of aromatic hydroxyl groups is 1. The molecule has 2 aromatic heterocycles. The first-order valence-corrected chi connectivity index (χ1v) is 25.2. The van der Waals surface area contributed by atoms with E-state index in [1.807, 2.05) is 112 Å². The number of aromatic nitrogens is 1. The van der Waals surface area contributed by atoms with Crippen LogP contribution in [-0.4, -0.2) is 120 Å². The number of carbonyl (C=O) groups excluding carboxylic acids is 3. The summed E-state index contributed by atoms with van der Waals surface area (Å²) < 4.78 is 19.3. The highest BCUT2D eigenvalue weighted by molar-refractivity contribution is 7.22. The molecule has 4 heterocycles. The number of phenols is 1. The van der Waals surface area contributed by atoms with Gasteiger partial charge >= 0.3 is 0 Å². The van der Waals surface area contributed by atoms with Crippen molar-refractivity contribution >= 4 is 62.1 Å². The number of ether oxygens (including phenoxy) is 3. The summed E-state index contributed by atoms with van der Waals surface area (Å²) in [6, 6.07) is 27.2. The summed E-state index contributed by atoms with van der Waals surface area (Å²) in [5.74, 6) is 1.56. The molecule has 68 heavy (non-hydrogen) atoms. The maximum Gasteiger partial charge on any atom is 0.246 e. The lowest BCUT2D eigenvalue weighted by molar-refractivity contribution is -0.144. The largest absolute Gasteiger partial charge is 0.508 e. The molecule has 358 valence electrons. The average Bonchev–Trinajstić information content (AvgIpc) is 4.09. The molecule has 0 saturated carbocycles. The minimum absolute atomic E-state index is 0.156. The number of carbonyl (C=O) groups is 3. The SMILES string of the molecule is Cc1ncsc1-c1ccc(CNC(=O)[C@@H]2CCCN2C(=O)C(NC(=O)COCCN2CCN(CCOc3ccc(Oc4c(-c5ccc(Cl)cc5)sc5cc(O)ccc45)cc3)CC2)C(C)(C)C)cc1. The van der Waals surface area contributed by atoms with Crippen molar-refractivity contribution in [3.63, 3.8) is 0 Å². The fraction of sp³-hybridized carbons (Fsp3) is 0.385. The standard InChI is InChI=1S/C52H59ClN6O7S2/c1-34-47(67-33-55-34)36-9-7-35(8-10-36)31-54-50(62)43-6-5-21-59(43)51(63)49(52(2,3)4)56-45(61)32-64-28-26-57-22-24-58(25-23-57)27-29-65-40-16-18-41(19-17-40)66-46-42-20-15-39(60)30-44(42)68-48(46)37-11-13-38(53)14-12-37/h7-20,30,33,43,49,60H,5-6,21-29,31-32H2,1-4H3,(H,54,62)(H,56,61)/t43-,49?/m0/s1. The fourth-order valence-corrected chi connectivity index (χ4v) is 10.6. The third kappa shape index (κ3) is 12.4. The van der Waals surface area contributed by atoms with Gasteiger partial charge in [0.05, 0.1) is 27.6 Å². The molecule has 3 amide bonds. The quantitative estimate of drug-likeness (QED) is 0.0714. The lowest BCUT2D eigenvalue weighted by atomic mass is 9.85. The summed E-state index contributed by atoms with van der Waals surface area (Å²) in [4.78, 5) is 53.4. The number of likely N-dealkylation sites (tertiary alicyclic amines) is 1. The fourth-order valence-electron chi connectivity index (χ4n) is 8.54.